The van der Waals surface area contributed by atoms with E-state index in [1.54, 1.807) is 0 Å². The van der Waals surface area contributed by atoms with E-state index < -0.39 is 17.6 Å². The molecule has 0 unspecified atom stereocenters. The molecular formula is C17H19F2NO3. The minimum Gasteiger partial charge on any atom is -0.481 e. The average molecular weight is 323 g/mol. The molecule has 0 aromatic heterocycles. The van der Waals surface area contributed by atoms with Gasteiger partial charge in [-0.1, -0.05) is 12.1 Å². The first kappa shape index (κ1) is 15.9. The van der Waals surface area contributed by atoms with Gasteiger partial charge in [-0.15, -0.1) is 0 Å². The summed E-state index contributed by atoms with van der Waals surface area (Å²) in [6.07, 6.45) is 2.94. The Morgan fingerprint density at radius 3 is 2.65 bits per heavy atom. The fraction of sp³-hybridized carbons (Fsp3) is 0.529. The molecule has 2 saturated carbocycles. The van der Waals surface area contributed by atoms with Crippen molar-refractivity contribution >= 4 is 11.9 Å². The van der Waals surface area contributed by atoms with Gasteiger partial charge in [0.05, 0.1) is 6.42 Å². The third-order valence-electron chi connectivity index (χ3n) is 4.68. The molecule has 0 aliphatic heterocycles. The number of halogens is 2. The van der Waals surface area contributed by atoms with E-state index in [1.807, 2.05) is 0 Å². The Balaban J connectivity index is 1.71. The van der Waals surface area contributed by atoms with E-state index in [9.17, 15) is 18.4 Å². The summed E-state index contributed by atoms with van der Waals surface area (Å²) in [5.74, 6) is -2.15. The van der Waals surface area contributed by atoms with E-state index >= 15 is 0 Å². The number of amides is 1. The van der Waals surface area contributed by atoms with Crippen LogP contribution in [0.1, 0.15) is 31.2 Å². The maximum absolute atomic E-state index is 13.8. The summed E-state index contributed by atoms with van der Waals surface area (Å²) in [7, 11) is 0. The first-order valence-electron chi connectivity index (χ1n) is 7.91. The van der Waals surface area contributed by atoms with Gasteiger partial charge in [-0.3, -0.25) is 9.59 Å². The Labute approximate surface area is 133 Å². The molecule has 0 radical (unpaired) electrons. The van der Waals surface area contributed by atoms with Crippen molar-refractivity contribution in [3.05, 3.63) is 35.4 Å². The average Bonchev–Trinajstić information content (AvgIpc) is 3.37. The molecule has 0 spiro atoms. The monoisotopic (exact) mass is 323 g/mol. The molecular weight excluding hydrogens is 304 g/mol. The predicted octanol–water partition coefficient (Wildman–Crippen LogP) is 2.81. The van der Waals surface area contributed by atoms with Crippen molar-refractivity contribution in [2.24, 2.45) is 17.8 Å². The Kier molecular flexibility index (Phi) is 4.33. The standard InChI is InChI=1S/C17H19F2NO3/c18-14-3-1-2-11(16(14)19)9-20(7-6-15(21)22)17(23)13-8-12(13)10-4-5-10/h1-3,10,12-13H,4-9H2,(H,21,22)/t12-,13-/m1/s1. The van der Waals surface area contributed by atoms with Crippen molar-refractivity contribution in [2.75, 3.05) is 6.54 Å². The molecule has 1 amide bonds. The van der Waals surface area contributed by atoms with E-state index in [2.05, 4.69) is 0 Å². The first-order valence-corrected chi connectivity index (χ1v) is 7.91. The molecule has 3 rings (SSSR count). The molecule has 6 heteroatoms. The number of carbonyl (C=O) groups is 2. The smallest absolute Gasteiger partial charge is 0.305 e. The molecule has 1 aromatic rings. The topological polar surface area (TPSA) is 57.6 Å². The first-order chi connectivity index (χ1) is 11.0. The molecule has 4 nitrogen and oxygen atoms in total. The van der Waals surface area contributed by atoms with Gasteiger partial charge in [-0.25, -0.2) is 8.78 Å². The number of hydrogen-bond acceptors (Lipinski definition) is 2. The number of carboxylic acid groups (broad SMARTS) is 1. The van der Waals surface area contributed by atoms with Crippen LogP contribution in [0.3, 0.4) is 0 Å². The van der Waals surface area contributed by atoms with Crippen LogP contribution in [0.15, 0.2) is 18.2 Å². The lowest BCUT2D eigenvalue weighted by Crippen LogP contribution is -2.34. The molecule has 2 fully saturated rings. The van der Waals surface area contributed by atoms with Crippen molar-refractivity contribution in [1.82, 2.24) is 4.90 Å². The Morgan fingerprint density at radius 1 is 1.26 bits per heavy atom. The number of hydrogen-bond donors (Lipinski definition) is 1. The molecule has 0 bridgehead atoms. The van der Waals surface area contributed by atoms with Gasteiger partial charge < -0.3 is 10.0 Å². The van der Waals surface area contributed by atoms with Crippen LogP contribution in [-0.4, -0.2) is 28.4 Å². The molecule has 23 heavy (non-hydrogen) atoms. The highest BCUT2D eigenvalue weighted by molar-refractivity contribution is 5.82. The highest BCUT2D eigenvalue weighted by atomic mass is 19.2. The number of carbonyl (C=O) groups excluding carboxylic acids is 1. The van der Waals surface area contributed by atoms with Crippen LogP contribution in [0.4, 0.5) is 8.78 Å². The fourth-order valence-corrected chi connectivity index (χ4v) is 3.15. The second-order valence-electron chi connectivity index (χ2n) is 6.46. The van der Waals surface area contributed by atoms with Gasteiger partial charge in [0.15, 0.2) is 11.6 Å². The summed E-state index contributed by atoms with van der Waals surface area (Å²) in [5, 5.41) is 8.84. The maximum Gasteiger partial charge on any atom is 0.305 e. The molecule has 0 heterocycles. The largest absolute Gasteiger partial charge is 0.481 e. The summed E-state index contributed by atoms with van der Waals surface area (Å²) < 4.78 is 27.1. The molecule has 0 saturated heterocycles. The zero-order valence-electron chi connectivity index (χ0n) is 12.7. The summed E-state index contributed by atoms with van der Waals surface area (Å²) in [5.41, 5.74) is 0.0763. The second-order valence-corrected chi connectivity index (χ2v) is 6.46. The van der Waals surface area contributed by atoms with E-state index in [0.29, 0.717) is 11.8 Å². The van der Waals surface area contributed by atoms with Crippen LogP contribution < -0.4 is 0 Å². The normalized spacial score (nSPS) is 22.7. The van der Waals surface area contributed by atoms with Gasteiger partial charge in [-0.05, 0) is 37.2 Å². The van der Waals surface area contributed by atoms with E-state index in [0.717, 1.165) is 25.3 Å². The Morgan fingerprint density at radius 2 is 2.00 bits per heavy atom. The Bertz CT molecular complexity index is 630. The lowest BCUT2D eigenvalue weighted by molar-refractivity contribution is -0.139. The van der Waals surface area contributed by atoms with E-state index in [-0.39, 0.29) is 36.9 Å². The highest BCUT2D eigenvalue weighted by Gasteiger charge is 2.52. The van der Waals surface area contributed by atoms with Crippen molar-refractivity contribution in [1.29, 1.82) is 0 Å². The number of carboxylic acids is 1. The number of benzene rings is 1. The van der Waals surface area contributed by atoms with Gasteiger partial charge >= 0.3 is 5.97 Å². The zero-order chi connectivity index (χ0) is 16.6. The summed E-state index contributed by atoms with van der Waals surface area (Å²) >= 11 is 0. The molecule has 1 N–H and O–H groups in total. The van der Waals surface area contributed by atoms with E-state index in [1.165, 1.54) is 17.0 Å². The van der Waals surface area contributed by atoms with Gasteiger partial charge in [0, 0.05) is 24.6 Å². The van der Waals surface area contributed by atoms with Gasteiger partial charge in [-0.2, -0.15) is 0 Å². The molecule has 2 aliphatic rings. The lowest BCUT2D eigenvalue weighted by Gasteiger charge is -2.23. The third-order valence-corrected chi connectivity index (χ3v) is 4.68. The minimum atomic E-state index is -1.02. The van der Waals surface area contributed by atoms with Crippen LogP contribution in [-0.2, 0) is 16.1 Å². The second kappa shape index (κ2) is 6.26. The third kappa shape index (κ3) is 3.68. The summed E-state index contributed by atoms with van der Waals surface area (Å²) in [6.45, 7) is -0.0817. The van der Waals surface area contributed by atoms with Crippen LogP contribution >= 0.6 is 0 Å². The van der Waals surface area contributed by atoms with Crippen molar-refractivity contribution in [2.45, 2.75) is 32.2 Å². The molecule has 1 aromatic carbocycles. The van der Waals surface area contributed by atoms with Gasteiger partial charge in [0.1, 0.15) is 0 Å². The van der Waals surface area contributed by atoms with Crippen molar-refractivity contribution < 1.29 is 23.5 Å². The fourth-order valence-electron chi connectivity index (χ4n) is 3.15. The quantitative estimate of drug-likeness (QED) is 0.839. The highest BCUT2D eigenvalue weighted by Crippen LogP contribution is 2.55. The maximum atomic E-state index is 13.8. The zero-order valence-corrected chi connectivity index (χ0v) is 12.7. The lowest BCUT2D eigenvalue weighted by atomic mass is 10.1. The SMILES string of the molecule is O=C(O)CCN(Cc1cccc(F)c1F)C(=O)[C@@H]1C[C@@H]1C1CC1. The molecule has 124 valence electrons. The predicted molar refractivity (Wildman–Crippen MR) is 78.3 cm³/mol. The number of nitrogens with zero attached hydrogens (tertiary/aromatic N) is 1. The van der Waals surface area contributed by atoms with Crippen LogP contribution in [0.25, 0.3) is 0 Å². The van der Waals surface area contributed by atoms with Crippen molar-refractivity contribution in [3.8, 4) is 0 Å². The summed E-state index contributed by atoms with van der Waals surface area (Å²) in [4.78, 5) is 24.7. The van der Waals surface area contributed by atoms with Crippen LogP contribution in [0.5, 0.6) is 0 Å². The van der Waals surface area contributed by atoms with Gasteiger partial charge in [0.25, 0.3) is 0 Å². The van der Waals surface area contributed by atoms with Crippen LogP contribution in [0.2, 0.25) is 0 Å². The minimum absolute atomic E-state index is 0.0119. The number of rotatable bonds is 7. The van der Waals surface area contributed by atoms with Crippen LogP contribution in [0, 0.1) is 29.4 Å². The molecule has 2 atom stereocenters. The van der Waals surface area contributed by atoms with E-state index in [4.69, 9.17) is 5.11 Å². The summed E-state index contributed by atoms with van der Waals surface area (Å²) in [6, 6.07) is 3.83. The number of aliphatic carboxylic acids is 1. The Hall–Kier alpha value is -1.98. The van der Waals surface area contributed by atoms with Crippen molar-refractivity contribution in [3.63, 3.8) is 0 Å². The molecule has 2 aliphatic carbocycles. The van der Waals surface area contributed by atoms with Gasteiger partial charge in [0.2, 0.25) is 5.91 Å².